The number of nitrogens with one attached hydrogen (secondary N) is 1. The first-order valence-corrected chi connectivity index (χ1v) is 9.33. The van der Waals surface area contributed by atoms with Gasteiger partial charge in [0.05, 0.1) is 0 Å². The van der Waals surface area contributed by atoms with Crippen molar-refractivity contribution in [1.29, 1.82) is 0 Å². The second-order valence-corrected chi connectivity index (χ2v) is 5.79. The van der Waals surface area contributed by atoms with Gasteiger partial charge in [0.25, 0.3) is 0 Å². The molecule has 1 unspecified atom stereocenters. The molecule has 1 saturated heterocycles. The number of carbonyl (C=O) groups is 1. The zero-order valence-electron chi connectivity index (χ0n) is 14.3. The predicted octanol–water partition coefficient (Wildman–Crippen LogP) is 3.40. The fourth-order valence-electron chi connectivity index (χ4n) is 2.82. The normalized spacial score (nSPS) is 15.2. The number of piperidine rings is 1. The Labute approximate surface area is 138 Å². The quantitative estimate of drug-likeness (QED) is 0.843. The predicted molar refractivity (Wildman–Crippen MR) is 98.3 cm³/mol. The largest absolute Gasteiger partial charge is 0.342 e. The molecule has 1 aliphatic heterocycles. The van der Waals surface area contributed by atoms with Crippen LogP contribution in [0.25, 0.3) is 0 Å². The molecule has 1 N–H and O–H groups in total. The second-order valence-electron chi connectivity index (χ2n) is 5.38. The molecule has 3 nitrogen and oxygen atoms in total. The van der Waals surface area contributed by atoms with E-state index < -0.39 is 0 Å². The maximum atomic E-state index is 11.7. The van der Waals surface area contributed by atoms with Gasteiger partial charge in [0.15, 0.2) is 0 Å². The molecular formula is C18H31N2OP. The first kappa shape index (κ1) is 19.1. The molecule has 2 rings (SSSR count). The lowest BCUT2D eigenvalue weighted by atomic mass is 9.88. The summed E-state index contributed by atoms with van der Waals surface area (Å²) in [7, 11) is 2.52. The number of carbonyl (C=O) groups excluding carboxylic acids is 1. The van der Waals surface area contributed by atoms with Crippen molar-refractivity contribution in [3.05, 3.63) is 35.4 Å². The van der Waals surface area contributed by atoms with E-state index in [2.05, 4.69) is 45.7 Å². The van der Waals surface area contributed by atoms with E-state index in [4.69, 9.17) is 0 Å². The van der Waals surface area contributed by atoms with Crippen LogP contribution in [0.3, 0.4) is 0 Å². The number of amides is 1. The van der Waals surface area contributed by atoms with Gasteiger partial charge in [0, 0.05) is 25.8 Å². The monoisotopic (exact) mass is 322 g/mol. The maximum Gasteiger partial charge on any atom is 0.226 e. The van der Waals surface area contributed by atoms with Crippen LogP contribution in [0, 0.1) is 0 Å². The van der Waals surface area contributed by atoms with Gasteiger partial charge in [-0.25, -0.2) is 0 Å². The Kier molecular flexibility index (Phi) is 9.34. The molecule has 1 amide bonds. The third kappa shape index (κ3) is 5.70. The topological polar surface area (TPSA) is 32.3 Å². The highest BCUT2D eigenvalue weighted by atomic mass is 31.0. The Balaban J connectivity index is 0.00000116. The summed E-state index contributed by atoms with van der Waals surface area (Å²) in [5.74, 6) is 0.861. The van der Waals surface area contributed by atoms with Gasteiger partial charge >= 0.3 is 0 Å². The van der Waals surface area contributed by atoms with Crippen LogP contribution in [0.1, 0.15) is 50.7 Å². The van der Waals surface area contributed by atoms with Gasteiger partial charge < -0.3 is 10.2 Å². The van der Waals surface area contributed by atoms with E-state index in [1.807, 2.05) is 18.7 Å². The Morgan fingerprint density at radius 2 is 2.00 bits per heavy atom. The highest BCUT2D eigenvalue weighted by Gasteiger charge is 2.22. The lowest BCUT2D eigenvalue weighted by molar-refractivity contribution is -0.129. The van der Waals surface area contributed by atoms with Gasteiger partial charge in [0.2, 0.25) is 5.91 Å². The molecule has 0 bridgehead atoms. The zero-order chi connectivity index (χ0) is 16.4. The fourth-order valence-corrected chi connectivity index (χ4v) is 3.08. The molecule has 0 saturated carbocycles. The van der Waals surface area contributed by atoms with Gasteiger partial charge in [-0.3, -0.25) is 4.79 Å². The Morgan fingerprint density at radius 3 is 2.59 bits per heavy atom. The summed E-state index contributed by atoms with van der Waals surface area (Å²) in [5, 5.41) is 3.37. The van der Waals surface area contributed by atoms with E-state index in [9.17, 15) is 4.79 Å². The van der Waals surface area contributed by atoms with Crippen molar-refractivity contribution >= 4 is 15.1 Å². The van der Waals surface area contributed by atoms with Crippen molar-refractivity contribution in [2.24, 2.45) is 0 Å². The number of nitrogens with zero attached hydrogens (tertiary/aromatic N) is 1. The molecule has 1 heterocycles. The number of hydrogen-bond acceptors (Lipinski definition) is 2. The van der Waals surface area contributed by atoms with E-state index in [1.165, 1.54) is 11.1 Å². The zero-order valence-corrected chi connectivity index (χ0v) is 15.4. The van der Waals surface area contributed by atoms with Crippen LogP contribution in [0.15, 0.2) is 24.3 Å². The maximum absolute atomic E-state index is 11.7. The van der Waals surface area contributed by atoms with E-state index in [-0.39, 0.29) is 5.91 Å². The second kappa shape index (κ2) is 10.7. The minimum atomic E-state index is 0.259. The number of rotatable bonds is 5. The van der Waals surface area contributed by atoms with Crippen LogP contribution in [0.4, 0.5) is 0 Å². The highest BCUT2D eigenvalue weighted by Crippen LogP contribution is 2.28. The Morgan fingerprint density at radius 1 is 1.32 bits per heavy atom. The summed E-state index contributed by atoms with van der Waals surface area (Å²) in [4.78, 5) is 13.7. The molecule has 1 fully saturated rings. The van der Waals surface area contributed by atoms with Gasteiger partial charge in [-0.2, -0.15) is 0 Å². The first-order chi connectivity index (χ1) is 10.7. The number of benzene rings is 1. The van der Waals surface area contributed by atoms with Crippen LogP contribution in [-0.4, -0.2) is 36.6 Å². The van der Waals surface area contributed by atoms with Crippen LogP contribution in [0.2, 0.25) is 0 Å². The van der Waals surface area contributed by atoms with Crippen molar-refractivity contribution in [3.63, 3.8) is 0 Å². The number of likely N-dealkylation sites (tertiary alicyclic amines) is 1. The third-order valence-corrected chi connectivity index (χ3v) is 4.37. The lowest BCUT2D eigenvalue weighted by Gasteiger charge is -2.32. The molecule has 0 spiro atoms. The summed E-state index contributed by atoms with van der Waals surface area (Å²) >= 11 is 0. The summed E-state index contributed by atoms with van der Waals surface area (Å²) in [6.07, 6.45) is 2.71. The molecule has 0 aliphatic carbocycles. The SMILES string of the molecule is CC.CCNCc1cccc(C2CCN(C(=O)CP)CC2)c1. The van der Waals surface area contributed by atoms with Crippen molar-refractivity contribution in [1.82, 2.24) is 10.2 Å². The molecule has 1 aromatic carbocycles. The lowest BCUT2D eigenvalue weighted by Crippen LogP contribution is -2.38. The fraction of sp³-hybridized carbons (Fsp3) is 0.611. The molecule has 0 aromatic heterocycles. The Bertz CT molecular complexity index is 442. The molecule has 124 valence electrons. The minimum Gasteiger partial charge on any atom is -0.342 e. The van der Waals surface area contributed by atoms with E-state index in [0.29, 0.717) is 12.1 Å². The number of hydrogen-bond donors (Lipinski definition) is 1. The van der Waals surface area contributed by atoms with E-state index in [1.54, 1.807) is 0 Å². The standard InChI is InChI=1S/C16H25N2OP.C2H6/c1-2-17-11-13-4-3-5-15(10-13)14-6-8-18(9-7-14)16(19)12-20;1-2/h3-5,10,14,17H,2,6-9,11-12,20H2,1H3;1-2H3. The molecule has 4 heteroatoms. The minimum absolute atomic E-state index is 0.259. The van der Waals surface area contributed by atoms with Gasteiger partial charge in [-0.15, -0.1) is 9.24 Å². The summed E-state index contributed by atoms with van der Waals surface area (Å²) in [6.45, 7) is 9.86. The summed E-state index contributed by atoms with van der Waals surface area (Å²) < 4.78 is 0. The van der Waals surface area contributed by atoms with Crippen molar-refractivity contribution in [2.75, 3.05) is 25.8 Å². The average molecular weight is 322 g/mol. The Hall–Kier alpha value is -0.920. The molecule has 1 aliphatic rings. The van der Waals surface area contributed by atoms with E-state index >= 15 is 0 Å². The van der Waals surface area contributed by atoms with Crippen LogP contribution < -0.4 is 5.32 Å². The summed E-state index contributed by atoms with van der Waals surface area (Å²) in [5.41, 5.74) is 2.78. The summed E-state index contributed by atoms with van der Waals surface area (Å²) in [6, 6.07) is 8.88. The molecule has 1 atom stereocenters. The molecule has 1 aromatic rings. The van der Waals surface area contributed by atoms with Crippen LogP contribution in [0.5, 0.6) is 0 Å². The van der Waals surface area contributed by atoms with Crippen molar-refractivity contribution in [3.8, 4) is 0 Å². The van der Waals surface area contributed by atoms with Crippen LogP contribution in [-0.2, 0) is 11.3 Å². The van der Waals surface area contributed by atoms with E-state index in [0.717, 1.165) is 39.0 Å². The average Bonchev–Trinajstić information content (AvgIpc) is 2.61. The molecular weight excluding hydrogens is 291 g/mol. The third-order valence-electron chi connectivity index (χ3n) is 4.02. The van der Waals surface area contributed by atoms with Gasteiger partial charge in [-0.05, 0) is 36.4 Å². The van der Waals surface area contributed by atoms with Crippen molar-refractivity contribution in [2.45, 2.75) is 46.1 Å². The first-order valence-electron chi connectivity index (χ1n) is 8.52. The van der Waals surface area contributed by atoms with Gasteiger partial charge in [-0.1, -0.05) is 45.0 Å². The van der Waals surface area contributed by atoms with Crippen LogP contribution >= 0.6 is 9.24 Å². The highest BCUT2D eigenvalue weighted by molar-refractivity contribution is 7.18. The van der Waals surface area contributed by atoms with Gasteiger partial charge in [0.1, 0.15) is 0 Å². The molecule has 22 heavy (non-hydrogen) atoms. The molecule has 0 radical (unpaired) electrons. The van der Waals surface area contributed by atoms with Crippen molar-refractivity contribution < 1.29 is 4.79 Å². The smallest absolute Gasteiger partial charge is 0.226 e.